The Kier molecular flexibility index (Phi) is 5.37. The molecule has 0 bridgehead atoms. The van der Waals surface area contributed by atoms with Gasteiger partial charge in [-0.2, -0.15) is 0 Å². The van der Waals surface area contributed by atoms with Crippen LogP contribution in [-0.4, -0.2) is 31.2 Å². The summed E-state index contributed by atoms with van der Waals surface area (Å²) in [6.45, 7) is 1.77. The van der Waals surface area contributed by atoms with E-state index in [0.717, 1.165) is 27.1 Å². The van der Waals surface area contributed by atoms with E-state index in [-0.39, 0.29) is 12.7 Å². The molecular weight excluding hydrogens is 372 g/mol. The second-order valence-electron chi connectivity index (χ2n) is 5.73. The number of carbonyl (C=O) groups excluding carboxylic acids is 1. The summed E-state index contributed by atoms with van der Waals surface area (Å²) in [5.74, 6) is 1.47. The normalized spacial score (nSPS) is 12.5. The summed E-state index contributed by atoms with van der Waals surface area (Å²) in [5.41, 5.74) is 2.14. The van der Waals surface area contributed by atoms with Crippen LogP contribution in [0.3, 0.4) is 0 Å². The lowest BCUT2D eigenvalue weighted by atomic mass is 10.2. The predicted octanol–water partition coefficient (Wildman–Crippen LogP) is 2.93. The second kappa shape index (κ2) is 7.68. The maximum absolute atomic E-state index is 12.1. The monoisotopic (exact) mass is 390 g/mol. The van der Waals surface area contributed by atoms with Crippen LogP contribution in [-0.2, 0) is 17.9 Å². The molecule has 2 aromatic rings. The van der Waals surface area contributed by atoms with Gasteiger partial charge >= 0.3 is 0 Å². The van der Waals surface area contributed by atoms with Gasteiger partial charge in [0.15, 0.2) is 11.5 Å². The minimum Gasteiger partial charge on any atom is -0.454 e. The predicted molar refractivity (Wildman–Crippen MR) is 94.9 cm³/mol. The number of benzene rings is 2. The number of rotatable bonds is 6. The fraction of sp³-hybridized carbons (Fsp3) is 0.278. The van der Waals surface area contributed by atoms with Gasteiger partial charge in [-0.05, 0) is 36.4 Å². The molecule has 1 amide bonds. The second-order valence-corrected chi connectivity index (χ2v) is 6.58. The topological polar surface area (TPSA) is 50.8 Å². The van der Waals surface area contributed by atoms with E-state index in [1.54, 1.807) is 0 Å². The van der Waals surface area contributed by atoms with Crippen molar-refractivity contribution in [3.63, 3.8) is 0 Å². The van der Waals surface area contributed by atoms with Crippen LogP contribution in [0.25, 0.3) is 0 Å². The van der Waals surface area contributed by atoms with E-state index in [9.17, 15) is 4.79 Å². The Bertz CT molecular complexity index is 736. The van der Waals surface area contributed by atoms with Crippen LogP contribution < -0.4 is 14.8 Å². The fourth-order valence-electron chi connectivity index (χ4n) is 2.53. The van der Waals surface area contributed by atoms with Gasteiger partial charge in [0, 0.05) is 17.6 Å². The molecule has 24 heavy (non-hydrogen) atoms. The average molecular weight is 391 g/mol. The van der Waals surface area contributed by atoms with Crippen LogP contribution in [0.5, 0.6) is 11.5 Å². The largest absolute Gasteiger partial charge is 0.454 e. The SMILES string of the molecule is CN(CC(=O)NCc1ccc2c(c1)OCO2)Cc1ccccc1Br. The van der Waals surface area contributed by atoms with Crippen molar-refractivity contribution >= 4 is 21.8 Å². The molecule has 0 aliphatic carbocycles. The van der Waals surface area contributed by atoms with Crippen LogP contribution in [0.15, 0.2) is 46.9 Å². The third-order valence-electron chi connectivity index (χ3n) is 3.74. The van der Waals surface area contributed by atoms with E-state index in [1.165, 1.54) is 0 Å². The first-order chi connectivity index (χ1) is 11.6. The number of halogens is 1. The first-order valence-electron chi connectivity index (χ1n) is 7.69. The summed E-state index contributed by atoms with van der Waals surface area (Å²) >= 11 is 3.53. The van der Waals surface area contributed by atoms with Crippen LogP contribution in [0.1, 0.15) is 11.1 Å². The maximum Gasteiger partial charge on any atom is 0.234 e. The lowest BCUT2D eigenvalue weighted by Gasteiger charge is -2.17. The Labute approximate surface area is 149 Å². The summed E-state index contributed by atoms with van der Waals surface area (Å²) in [6.07, 6.45) is 0. The van der Waals surface area contributed by atoms with E-state index in [1.807, 2.05) is 54.4 Å². The molecule has 1 aliphatic rings. The van der Waals surface area contributed by atoms with Gasteiger partial charge in [0.2, 0.25) is 12.7 Å². The van der Waals surface area contributed by atoms with Gasteiger partial charge in [-0.15, -0.1) is 0 Å². The quantitative estimate of drug-likeness (QED) is 0.823. The summed E-state index contributed by atoms with van der Waals surface area (Å²) in [5, 5.41) is 2.93. The van der Waals surface area contributed by atoms with Crippen molar-refractivity contribution in [2.45, 2.75) is 13.1 Å². The van der Waals surface area contributed by atoms with Gasteiger partial charge in [0.25, 0.3) is 0 Å². The van der Waals surface area contributed by atoms with Crippen molar-refractivity contribution in [2.24, 2.45) is 0 Å². The van der Waals surface area contributed by atoms with Gasteiger partial charge < -0.3 is 14.8 Å². The highest BCUT2D eigenvalue weighted by molar-refractivity contribution is 9.10. The standard InChI is InChI=1S/C18H19BrN2O3/c1-21(10-14-4-2-3-5-15(14)19)11-18(22)20-9-13-6-7-16-17(8-13)24-12-23-16/h2-8H,9-12H2,1H3,(H,20,22). The summed E-state index contributed by atoms with van der Waals surface area (Å²) < 4.78 is 11.7. The Hall–Kier alpha value is -2.05. The smallest absolute Gasteiger partial charge is 0.234 e. The molecule has 2 aromatic carbocycles. The maximum atomic E-state index is 12.1. The molecule has 6 heteroatoms. The number of hydrogen-bond acceptors (Lipinski definition) is 4. The molecule has 0 atom stereocenters. The lowest BCUT2D eigenvalue weighted by molar-refractivity contribution is -0.122. The Balaban J connectivity index is 1.48. The van der Waals surface area contributed by atoms with Crippen LogP contribution in [0.2, 0.25) is 0 Å². The van der Waals surface area contributed by atoms with Crippen molar-refractivity contribution in [2.75, 3.05) is 20.4 Å². The van der Waals surface area contributed by atoms with Gasteiger partial charge in [-0.1, -0.05) is 40.2 Å². The number of nitrogens with zero attached hydrogens (tertiary/aromatic N) is 1. The molecule has 126 valence electrons. The summed E-state index contributed by atoms with van der Waals surface area (Å²) in [4.78, 5) is 14.1. The Morgan fingerprint density at radius 1 is 1.21 bits per heavy atom. The number of amides is 1. The van der Waals surface area contributed by atoms with Crippen molar-refractivity contribution < 1.29 is 14.3 Å². The average Bonchev–Trinajstić information content (AvgIpc) is 3.02. The third-order valence-corrected chi connectivity index (χ3v) is 4.51. The molecule has 0 unspecified atom stereocenters. The molecule has 0 spiro atoms. The van der Waals surface area contributed by atoms with Gasteiger partial charge in [-0.25, -0.2) is 0 Å². The van der Waals surface area contributed by atoms with Crippen LogP contribution in [0, 0.1) is 0 Å². The molecule has 0 radical (unpaired) electrons. The lowest BCUT2D eigenvalue weighted by Crippen LogP contribution is -2.34. The molecule has 0 saturated heterocycles. The number of carbonyl (C=O) groups is 1. The zero-order chi connectivity index (χ0) is 16.9. The number of nitrogens with one attached hydrogen (secondary N) is 1. The first kappa shape index (κ1) is 16.8. The van der Waals surface area contributed by atoms with Crippen molar-refractivity contribution in [3.05, 3.63) is 58.1 Å². The van der Waals surface area contributed by atoms with E-state index < -0.39 is 0 Å². The molecule has 0 aromatic heterocycles. The van der Waals surface area contributed by atoms with Gasteiger partial charge in [0.05, 0.1) is 6.54 Å². The molecular formula is C18H19BrN2O3. The van der Waals surface area contributed by atoms with E-state index >= 15 is 0 Å². The first-order valence-corrected chi connectivity index (χ1v) is 8.48. The molecule has 1 N–H and O–H groups in total. The van der Waals surface area contributed by atoms with Crippen LogP contribution >= 0.6 is 15.9 Å². The molecule has 1 heterocycles. The van der Waals surface area contributed by atoms with Crippen molar-refractivity contribution in [1.29, 1.82) is 0 Å². The summed E-state index contributed by atoms with van der Waals surface area (Å²) in [6, 6.07) is 13.7. The number of likely N-dealkylation sites (N-methyl/N-ethyl adjacent to an activating group) is 1. The number of fused-ring (bicyclic) bond motifs is 1. The molecule has 1 aliphatic heterocycles. The van der Waals surface area contributed by atoms with E-state index in [0.29, 0.717) is 19.6 Å². The van der Waals surface area contributed by atoms with Crippen molar-refractivity contribution in [1.82, 2.24) is 10.2 Å². The molecule has 0 saturated carbocycles. The van der Waals surface area contributed by atoms with E-state index in [2.05, 4.69) is 21.2 Å². The molecule has 5 nitrogen and oxygen atoms in total. The Morgan fingerprint density at radius 2 is 2.00 bits per heavy atom. The highest BCUT2D eigenvalue weighted by Gasteiger charge is 2.14. The minimum absolute atomic E-state index is 0.0118. The zero-order valence-corrected chi connectivity index (χ0v) is 15.0. The van der Waals surface area contributed by atoms with Crippen molar-refractivity contribution in [3.8, 4) is 11.5 Å². The highest BCUT2D eigenvalue weighted by Crippen LogP contribution is 2.32. The summed E-state index contributed by atoms with van der Waals surface area (Å²) in [7, 11) is 1.93. The van der Waals surface area contributed by atoms with Crippen LogP contribution in [0.4, 0.5) is 0 Å². The number of hydrogen-bond donors (Lipinski definition) is 1. The highest BCUT2D eigenvalue weighted by atomic mass is 79.9. The zero-order valence-electron chi connectivity index (χ0n) is 13.4. The number of ether oxygens (including phenoxy) is 2. The van der Waals surface area contributed by atoms with Gasteiger partial charge in [0.1, 0.15) is 0 Å². The fourth-order valence-corrected chi connectivity index (χ4v) is 2.94. The van der Waals surface area contributed by atoms with Gasteiger partial charge in [-0.3, -0.25) is 9.69 Å². The molecule has 3 rings (SSSR count). The molecule has 0 fully saturated rings. The Morgan fingerprint density at radius 3 is 2.83 bits per heavy atom. The minimum atomic E-state index is -0.0118. The third kappa shape index (κ3) is 4.27. The van der Waals surface area contributed by atoms with E-state index in [4.69, 9.17) is 9.47 Å².